The van der Waals surface area contributed by atoms with Crippen molar-refractivity contribution in [3.63, 3.8) is 0 Å². The summed E-state index contributed by atoms with van der Waals surface area (Å²) in [6.45, 7) is 13.4. The molecule has 1 aliphatic heterocycles. The van der Waals surface area contributed by atoms with E-state index in [2.05, 4.69) is 14.7 Å². The number of β-amino-alcohol motifs (C(OH)–C–C–N with tert-alkyl or cyclic N) is 1. The van der Waals surface area contributed by atoms with Gasteiger partial charge < -0.3 is 19.6 Å². The number of aliphatic hydroxyl groups excluding tert-OH is 1. The van der Waals surface area contributed by atoms with E-state index < -0.39 is 39.8 Å². The number of halogens is 1. The molecule has 46 heavy (non-hydrogen) atoms. The van der Waals surface area contributed by atoms with E-state index in [1.54, 1.807) is 26.8 Å². The Bertz CT molecular complexity index is 1690. The number of sulfonamides is 1. The SMILES string of the molecule is Cc1cccc(C)c1-c1cc(Cl)nc(NS(=O)(=O)c2cccc(C(=O)N3CCN(C(=O)OC(C)(C)C)[C@@H](CC(C)C)[C@@H](O)C3)c2)n1. The molecule has 2 N–H and O–H groups in total. The number of benzene rings is 2. The van der Waals surface area contributed by atoms with Gasteiger partial charge in [0.2, 0.25) is 5.95 Å². The van der Waals surface area contributed by atoms with Crippen LogP contribution in [0.2, 0.25) is 5.15 Å². The molecular weight excluding hydrogens is 630 g/mol. The molecule has 248 valence electrons. The van der Waals surface area contributed by atoms with Crippen LogP contribution >= 0.6 is 11.6 Å². The molecule has 3 aromatic rings. The Hall–Kier alpha value is -3.74. The summed E-state index contributed by atoms with van der Waals surface area (Å²) in [4.78, 5) is 38.0. The highest BCUT2D eigenvalue weighted by Gasteiger charge is 2.38. The van der Waals surface area contributed by atoms with Crippen molar-refractivity contribution < 1.29 is 27.9 Å². The van der Waals surface area contributed by atoms with Crippen molar-refractivity contribution in [2.24, 2.45) is 5.92 Å². The summed E-state index contributed by atoms with van der Waals surface area (Å²) in [7, 11) is -4.24. The molecule has 13 heteroatoms. The number of rotatable bonds is 7. The van der Waals surface area contributed by atoms with E-state index in [-0.39, 0.29) is 47.1 Å². The van der Waals surface area contributed by atoms with Gasteiger partial charge in [-0.15, -0.1) is 0 Å². The quantitative estimate of drug-likeness (QED) is 0.306. The van der Waals surface area contributed by atoms with Gasteiger partial charge in [0.05, 0.1) is 22.7 Å². The van der Waals surface area contributed by atoms with Gasteiger partial charge in [-0.1, -0.05) is 49.7 Å². The first-order chi connectivity index (χ1) is 21.4. The minimum Gasteiger partial charge on any atom is -0.444 e. The Balaban J connectivity index is 1.58. The summed E-state index contributed by atoms with van der Waals surface area (Å²) in [5.74, 6) is -0.528. The summed E-state index contributed by atoms with van der Waals surface area (Å²) < 4.78 is 34.9. The van der Waals surface area contributed by atoms with E-state index in [9.17, 15) is 23.1 Å². The molecule has 1 saturated heterocycles. The first kappa shape index (κ1) is 35.1. The maximum Gasteiger partial charge on any atom is 0.410 e. The molecule has 1 aromatic heterocycles. The second kappa shape index (κ2) is 13.9. The minimum absolute atomic E-state index is 0.0395. The number of nitrogens with zero attached hydrogens (tertiary/aromatic N) is 4. The number of anilines is 1. The fraction of sp³-hybridized carbons (Fsp3) is 0.455. The van der Waals surface area contributed by atoms with E-state index in [0.717, 1.165) is 16.7 Å². The highest BCUT2D eigenvalue weighted by atomic mass is 35.5. The summed E-state index contributed by atoms with van der Waals surface area (Å²) in [5, 5.41) is 11.3. The average Bonchev–Trinajstić information content (AvgIpc) is 3.09. The number of carbonyl (C=O) groups is 2. The number of hydrogen-bond donors (Lipinski definition) is 2. The molecule has 2 aromatic carbocycles. The van der Waals surface area contributed by atoms with Gasteiger partial charge in [-0.25, -0.2) is 27.9 Å². The number of aliphatic hydroxyl groups is 1. The fourth-order valence-electron chi connectivity index (χ4n) is 5.51. The number of carbonyl (C=O) groups excluding carboxylic acids is 2. The molecule has 0 spiro atoms. The molecule has 0 aliphatic carbocycles. The van der Waals surface area contributed by atoms with Crippen molar-refractivity contribution >= 4 is 39.6 Å². The third-order valence-electron chi connectivity index (χ3n) is 7.54. The lowest BCUT2D eigenvalue weighted by Gasteiger charge is -2.34. The third-order valence-corrected chi connectivity index (χ3v) is 9.06. The Morgan fingerprint density at radius 3 is 2.35 bits per heavy atom. The smallest absolute Gasteiger partial charge is 0.410 e. The molecule has 0 radical (unpaired) electrons. The van der Waals surface area contributed by atoms with Crippen molar-refractivity contribution in [1.29, 1.82) is 0 Å². The predicted octanol–water partition coefficient (Wildman–Crippen LogP) is 5.68. The van der Waals surface area contributed by atoms with Crippen molar-refractivity contribution in [3.8, 4) is 11.3 Å². The number of amides is 2. The molecule has 0 unspecified atom stereocenters. The van der Waals surface area contributed by atoms with Crippen molar-refractivity contribution in [2.45, 2.75) is 77.5 Å². The zero-order valence-corrected chi connectivity index (χ0v) is 28.8. The monoisotopic (exact) mass is 671 g/mol. The third kappa shape index (κ3) is 8.54. The normalized spacial score (nSPS) is 17.5. The van der Waals surface area contributed by atoms with Crippen LogP contribution in [-0.4, -0.2) is 82.7 Å². The maximum absolute atomic E-state index is 13.7. The van der Waals surface area contributed by atoms with Crippen LogP contribution in [0.15, 0.2) is 53.4 Å². The molecule has 2 amide bonds. The van der Waals surface area contributed by atoms with Crippen molar-refractivity contribution in [1.82, 2.24) is 19.8 Å². The first-order valence-corrected chi connectivity index (χ1v) is 17.0. The van der Waals surface area contributed by atoms with Crippen LogP contribution in [0.4, 0.5) is 10.7 Å². The standard InChI is InChI=1S/C33H42ClN5O6S/c1-20(2)16-26-27(40)19-38(14-15-39(26)32(42)45-33(5,6)7)30(41)23-12-9-13-24(17-23)46(43,44)37-31-35-25(18-28(34)36-31)29-21(3)10-8-11-22(29)4/h8-13,17-18,20,26-27,40H,14-16,19H2,1-7H3,(H,35,36,37)/t26-,27-/m0/s1. The molecule has 2 atom stereocenters. The second-order valence-electron chi connectivity index (χ2n) is 13.0. The number of aromatic nitrogens is 2. The van der Waals surface area contributed by atoms with Crippen LogP contribution in [-0.2, 0) is 14.8 Å². The molecule has 2 heterocycles. The summed E-state index contributed by atoms with van der Waals surface area (Å²) >= 11 is 6.27. The van der Waals surface area contributed by atoms with Gasteiger partial charge in [0.25, 0.3) is 15.9 Å². The van der Waals surface area contributed by atoms with Crippen LogP contribution in [0, 0.1) is 19.8 Å². The molecule has 1 aliphatic rings. The molecule has 0 saturated carbocycles. The van der Waals surface area contributed by atoms with E-state index in [4.69, 9.17) is 16.3 Å². The molecule has 1 fully saturated rings. The van der Waals surface area contributed by atoms with Crippen LogP contribution in [0.1, 0.15) is 62.5 Å². The van der Waals surface area contributed by atoms with Crippen LogP contribution in [0.3, 0.4) is 0 Å². The Kier molecular flexibility index (Phi) is 10.6. The Morgan fingerprint density at radius 2 is 1.72 bits per heavy atom. The van der Waals surface area contributed by atoms with E-state index in [1.807, 2.05) is 45.9 Å². The van der Waals surface area contributed by atoms with Crippen molar-refractivity contribution in [2.75, 3.05) is 24.4 Å². The second-order valence-corrected chi connectivity index (χ2v) is 15.1. The van der Waals surface area contributed by atoms with Crippen LogP contribution in [0.25, 0.3) is 11.3 Å². The first-order valence-electron chi connectivity index (χ1n) is 15.2. The lowest BCUT2D eigenvalue weighted by Crippen LogP contribution is -2.49. The number of hydrogen-bond acceptors (Lipinski definition) is 8. The lowest BCUT2D eigenvalue weighted by atomic mass is 9.98. The summed E-state index contributed by atoms with van der Waals surface area (Å²) in [6, 6.07) is 12.4. The van der Waals surface area contributed by atoms with Gasteiger partial charge in [-0.2, -0.15) is 0 Å². The molecule has 4 rings (SSSR count). The number of aryl methyl sites for hydroxylation is 2. The highest BCUT2D eigenvalue weighted by molar-refractivity contribution is 7.92. The molecule has 11 nitrogen and oxygen atoms in total. The largest absolute Gasteiger partial charge is 0.444 e. The van der Waals surface area contributed by atoms with Crippen LogP contribution in [0.5, 0.6) is 0 Å². The topological polar surface area (TPSA) is 142 Å². The fourth-order valence-corrected chi connectivity index (χ4v) is 6.68. The van der Waals surface area contributed by atoms with Gasteiger partial charge in [-0.05, 0) is 76.3 Å². The predicted molar refractivity (Wildman–Crippen MR) is 177 cm³/mol. The van der Waals surface area contributed by atoms with Crippen LogP contribution < -0.4 is 4.72 Å². The summed E-state index contributed by atoms with van der Waals surface area (Å²) in [5.41, 5.74) is 2.54. The van der Waals surface area contributed by atoms with E-state index in [0.29, 0.717) is 12.1 Å². The lowest BCUT2D eigenvalue weighted by molar-refractivity contribution is -0.00408. The van der Waals surface area contributed by atoms with Gasteiger partial charge in [0.1, 0.15) is 10.8 Å². The highest BCUT2D eigenvalue weighted by Crippen LogP contribution is 2.29. The Labute approximate surface area is 276 Å². The average molecular weight is 672 g/mol. The Morgan fingerprint density at radius 1 is 1.07 bits per heavy atom. The zero-order chi connectivity index (χ0) is 34.0. The molecule has 0 bridgehead atoms. The minimum atomic E-state index is -4.24. The zero-order valence-electron chi connectivity index (χ0n) is 27.2. The van der Waals surface area contributed by atoms with Crippen molar-refractivity contribution in [3.05, 3.63) is 70.4 Å². The van der Waals surface area contributed by atoms with E-state index in [1.165, 1.54) is 34.1 Å². The van der Waals surface area contributed by atoms with E-state index >= 15 is 0 Å². The van der Waals surface area contributed by atoms with Gasteiger partial charge in [0, 0.05) is 36.8 Å². The van der Waals surface area contributed by atoms with Gasteiger partial charge in [0.15, 0.2) is 0 Å². The van der Waals surface area contributed by atoms with Gasteiger partial charge in [-0.3, -0.25) is 4.79 Å². The van der Waals surface area contributed by atoms with Gasteiger partial charge >= 0.3 is 6.09 Å². The number of nitrogens with one attached hydrogen (secondary N) is 1. The molecular formula is C33H42ClN5O6S. The maximum atomic E-state index is 13.7. The summed E-state index contributed by atoms with van der Waals surface area (Å²) in [6.07, 6.45) is -1.09. The number of ether oxygens (including phenoxy) is 1.